The Labute approximate surface area is 169 Å². The van der Waals surface area contributed by atoms with Crippen molar-refractivity contribution in [2.24, 2.45) is 0 Å². The predicted molar refractivity (Wildman–Crippen MR) is 111 cm³/mol. The fourth-order valence-electron chi connectivity index (χ4n) is 3.87. The molecule has 0 fully saturated rings. The molecule has 0 spiro atoms. The number of ether oxygens (including phenoxy) is 1. The van der Waals surface area contributed by atoms with Gasteiger partial charge < -0.3 is 9.84 Å². The number of aromatic carboxylic acids is 1. The van der Waals surface area contributed by atoms with Crippen molar-refractivity contribution in [3.63, 3.8) is 0 Å². The van der Waals surface area contributed by atoms with Gasteiger partial charge in [-0.25, -0.2) is 9.59 Å². The van der Waals surface area contributed by atoms with Crippen LogP contribution >= 0.6 is 0 Å². The van der Waals surface area contributed by atoms with Crippen LogP contribution in [0.2, 0.25) is 0 Å². The highest BCUT2D eigenvalue weighted by molar-refractivity contribution is 5.91. The van der Waals surface area contributed by atoms with Crippen molar-refractivity contribution in [3.8, 4) is 11.1 Å². The van der Waals surface area contributed by atoms with E-state index in [9.17, 15) is 9.59 Å². The van der Waals surface area contributed by atoms with E-state index in [1.165, 1.54) is 28.2 Å². The number of amides is 1. The molecule has 5 heteroatoms. The van der Waals surface area contributed by atoms with Gasteiger partial charge in [0.2, 0.25) is 0 Å². The maximum atomic E-state index is 12.8. The van der Waals surface area contributed by atoms with Crippen molar-refractivity contribution >= 4 is 17.7 Å². The molecule has 0 unspecified atom stereocenters. The van der Waals surface area contributed by atoms with Gasteiger partial charge in [-0.15, -0.1) is 0 Å². The van der Waals surface area contributed by atoms with E-state index in [0.717, 1.165) is 11.1 Å². The Morgan fingerprint density at radius 1 is 0.897 bits per heavy atom. The minimum absolute atomic E-state index is 0.000516. The van der Waals surface area contributed by atoms with Crippen LogP contribution in [0.15, 0.2) is 72.8 Å². The number of carboxylic acids is 1. The van der Waals surface area contributed by atoms with E-state index in [1.54, 1.807) is 12.1 Å². The van der Waals surface area contributed by atoms with Gasteiger partial charge in [-0.05, 0) is 53.4 Å². The van der Waals surface area contributed by atoms with E-state index >= 15 is 0 Å². The highest BCUT2D eigenvalue weighted by Gasteiger charge is 2.29. The Hall–Kier alpha value is -3.60. The summed E-state index contributed by atoms with van der Waals surface area (Å²) in [7, 11) is 0. The number of fused-ring (bicyclic) bond motifs is 3. The number of carboxylic acid groups (broad SMARTS) is 1. The van der Waals surface area contributed by atoms with E-state index in [4.69, 9.17) is 9.84 Å². The third kappa shape index (κ3) is 3.47. The Balaban J connectivity index is 1.52. The van der Waals surface area contributed by atoms with Crippen molar-refractivity contribution in [3.05, 3.63) is 89.5 Å². The van der Waals surface area contributed by atoms with Crippen LogP contribution in [0.25, 0.3) is 11.1 Å². The van der Waals surface area contributed by atoms with Gasteiger partial charge in [-0.2, -0.15) is 0 Å². The average Bonchev–Trinajstić information content (AvgIpc) is 3.07. The molecule has 4 rings (SSSR count). The number of rotatable bonds is 5. The Kier molecular flexibility index (Phi) is 5.04. The number of nitrogens with zero attached hydrogens (tertiary/aromatic N) is 1. The van der Waals surface area contributed by atoms with Gasteiger partial charge in [0.25, 0.3) is 0 Å². The van der Waals surface area contributed by atoms with Gasteiger partial charge >= 0.3 is 12.1 Å². The second kappa shape index (κ2) is 7.80. The van der Waals surface area contributed by atoms with Crippen molar-refractivity contribution in [1.82, 2.24) is 0 Å². The SMILES string of the molecule is CCN(C(=O)OCC1c2ccccc2-c2ccccc21)c1ccc(C(=O)O)cc1. The lowest BCUT2D eigenvalue weighted by atomic mass is 9.98. The van der Waals surface area contributed by atoms with Crippen molar-refractivity contribution in [1.29, 1.82) is 0 Å². The summed E-state index contributed by atoms with van der Waals surface area (Å²) in [6, 6.07) is 22.6. The molecular weight excluding hydrogens is 366 g/mol. The topological polar surface area (TPSA) is 66.8 Å². The number of benzene rings is 3. The van der Waals surface area contributed by atoms with Gasteiger partial charge in [0.15, 0.2) is 0 Å². The van der Waals surface area contributed by atoms with Crippen LogP contribution in [-0.4, -0.2) is 30.3 Å². The maximum Gasteiger partial charge on any atom is 0.414 e. The molecule has 1 amide bonds. The largest absolute Gasteiger partial charge is 0.478 e. The summed E-state index contributed by atoms with van der Waals surface area (Å²) < 4.78 is 5.70. The Bertz CT molecular complexity index is 1010. The van der Waals surface area contributed by atoms with Crippen LogP contribution in [0.4, 0.5) is 10.5 Å². The van der Waals surface area contributed by atoms with Crippen LogP contribution in [-0.2, 0) is 4.74 Å². The zero-order chi connectivity index (χ0) is 20.4. The number of carbonyl (C=O) groups is 2. The molecule has 3 aromatic rings. The summed E-state index contributed by atoms with van der Waals surface area (Å²) >= 11 is 0. The molecule has 0 bridgehead atoms. The molecule has 0 aromatic heterocycles. The Morgan fingerprint density at radius 3 is 1.97 bits per heavy atom. The van der Waals surface area contributed by atoms with E-state index in [2.05, 4.69) is 24.3 Å². The molecule has 0 saturated carbocycles. The van der Waals surface area contributed by atoms with Crippen molar-refractivity contribution in [2.45, 2.75) is 12.8 Å². The normalized spacial score (nSPS) is 12.2. The van der Waals surface area contributed by atoms with E-state index < -0.39 is 12.1 Å². The molecule has 0 radical (unpaired) electrons. The van der Waals surface area contributed by atoms with Crippen LogP contribution < -0.4 is 4.90 Å². The van der Waals surface area contributed by atoms with Crippen molar-refractivity contribution in [2.75, 3.05) is 18.1 Å². The lowest BCUT2D eigenvalue weighted by molar-refractivity contribution is 0.0697. The van der Waals surface area contributed by atoms with Gasteiger partial charge in [0.1, 0.15) is 6.61 Å². The van der Waals surface area contributed by atoms with Crippen LogP contribution in [0, 0.1) is 0 Å². The summed E-state index contributed by atoms with van der Waals surface area (Å²) in [5, 5.41) is 9.04. The first-order valence-corrected chi connectivity index (χ1v) is 9.56. The first-order chi connectivity index (χ1) is 14.1. The highest BCUT2D eigenvalue weighted by atomic mass is 16.6. The van der Waals surface area contributed by atoms with E-state index in [1.807, 2.05) is 31.2 Å². The van der Waals surface area contributed by atoms with Gasteiger partial charge in [-0.3, -0.25) is 4.90 Å². The van der Waals surface area contributed by atoms with Crippen molar-refractivity contribution < 1.29 is 19.4 Å². The summed E-state index contributed by atoms with van der Waals surface area (Å²) in [5.74, 6) is -1.000. The molecule has 5 nitrogen and oxygen atoms in total. The molecule has 1 aliphatic rings. The second-order valence-electron chi connectivity index (χ2n) is 6.90. The molecule has 1 N–H and O–H groups in total. The van der Waals surface area contributed by atoms with Crippen LogP contribution in [0.1, 0.15) is 34.3 Å². The number of carbonyl (C=O) groups excluding carboxylic acids is 1. The first-order valence-electron chi connectivity index (χ1n) is 9.56. The molecule has 0 atom stereocenters. The minimum atomic E-state index is -0.999. The fourth-order valence-corrected chi connectivity index (χ4v) is 3.87. The summed E-state index contributed by atoms with van der Waals surface area (Å²) in [4.78, 5) is 25.3. The lowest BCUT2D eigenvalue weighted by Crippen LogP contribution is -2.32. The monoisotopic (exact) mass is 387 g/mol. The standard InChI is InChI=1S/C24H21NO4/c1-2-25(17-13-11-16(12-14-17)23(26)27)24(28)29-15-22-20-9-5-3-7-18(20)19-8-4-6-10-21(19)22/h3-14,22H,2,15H2,1H3,(H,26,27). The van der Waals surface area contributed by atoms with Gasteiger partial charge in [-0.1, -0.05) is 48.5 Å². The van der Waals surface area contributed by atoms with Crippen LogP contribution in [0.5, 0.6) is 0 Å². The lowest BCUT2D eigenvalue weighted by Gasteiger charge is -2.22. The molecule has 1 aliphatic carbocycles. The predicted octanol–water partition coefficient (Wildman–Crippen LogP) is 5.16. The minimum Gasteiger partial charge on any atom is -0.478 e. The first kappa shape index (κ1) is 18.7. The number of anilines is 1. The smallest absolute Gasteiger partial charge is 0.414 e. The molecule has 3 aromatic carbocycles. The molecule has 0 saturated heterocycles. The maximum absolute atomic E-state index is 12.8. The molecular formula is C24H21NO4. The zero-order valence-electron chi connectivity index (χ0n) is 16.0. The molecule has 0 heterocycles. The summed E-state index contributed by atoms with van der Waals surface area (Å²) in [6.45, 7) is 2.52. The number of hydrogen-bond donors (Lipinski definition) is 1. The highest BCUT2D eigenvalue weighted by Crippen LogP contribution is 2.44. The van der Waals surface area contributed by atoms with Gasteiger partial charge in [0, 0.05) is 18.2 Å². The van der Waals surface area contributed by atoms with E-state index in [0.29, 0.717) is 12.2 Å². The quantitative estimate of drug-likeness (QED) is 0.657. The third-order valence-electron chi connectivity index (χ3n) is 5.30. The fraction of sp³-hybridized carbons (Fsp3) is 0.167. The van der Waals surface area contributed by atoms with Gasteiger partial charge in [0.05, 0.1) is 5.56 Å². The third-order valence-corrected chi connectivity index (χ3v) is 5.30. The van der Waals surface area contributed by atoms with Crippen LogP contribution in [0.3, 0.4) is 0 Å². The second-order valence-corrected chi connectivity index (χ2v) is 6.90. The average molecular weight is 387 g/mol. The Morgan fingerprint density at radius 2 is 1.45 bits per heavy atom. The summed E-state index contributed by atoms with van der Waals surface area (Å²) in [5.41, 5.74) is 5.47. The number of hydrogen-bond acceptors (Lipinski definition) is 3. The zero-order valence-corrected chi connectivity index (χ0v) is 16.0. The molecule has 29 heavy (non-hydrogen) atoms. The summed E-state index contributed by atoms with van der Waals surface area (Å²) in [6.07, 6.45) is -0.447. The van der Waals surface area contributed by atoms with E-state index in [-0.39, 0.29) is 18.1 Å². The molecule has 146 valence electrons. The molecule has 0 aliphatic heterocycles.